The fourth-order valence-electron chi connectivity index (χ4n) is 1.22. The van der Waals surface area contributed by atoms with Crippen molar-refractivity contribution in [2.75, 3.05) is 5.75 Å². The molecule has 8 heteroatoms. The average Bonchev–Trinajstić information content (AvgIpc) is 2.58. The van der Waals surface area contributed by atoms with Gasteiger partial charge in [0.05, 0.1) is 5.70 Å². The standard InChI is InChI=1S/C10H13F2N3O2S/c1-6-7(14-10(17)9(13)16)5-18(15-6)4-2-3-8(11)12/h3,5,15H,2,4H2,1H3,(H2,13,16)(H,14,17). The zero-order valence-electron chi connectivity index (χ0n) is 9.63. The Morgan fingerprint density at radius 3 is 2.78 bits per heavy atom. The zero-order chi connectivity index (χ0) is 13.7. The number of amides is 2. The molecule has 0 spiro atoms. The fourth-order valence-corrected chi connectivity index (χ4v) is 2.90. The molecule has 0 aliphatic carbocycles. The van der Waals surface area contributed by atoms with Crippen LogP contribution in [0.25, 0.3) is 0 Å². The Kier molecular flexibility index (Phi) is 5.02. The smallest absolute Gasteiger partial charge is 0.313 e. The third-order valence-corrected chi connectivity index (χ3v) is 3.82. The van der Waals surface area contributed by atoms with Crippen LogP contribution in [0, 0.1) is 0 Å². The van der Waals surface area contributed by atoms with Gasteiger partial charge in [-0.15, -0.1) is 0 Å². The van der Waals surface area contributed by atoms with Crippen molar-refractivity contribution in [3.63, 3.8) is 0 Å². The second-order valence-corrected chi connectivity index (χ2v) is 5.20. The van der Waals surface area contributed by atoms with E-state index in [0.29, 0.717) is 17.1 Å². The number of primary amides is 1. The van der Waals surface area contributed by atoms with E-state index >= 15 is 0 Å². The van der Waals surface area contributed by atoms with Gasteiger partial charge < -0.3 is 15.8 Å². The van der Waals surface area contributed by atoms with Crippen LogP contribution in [0.4, 0.5) is 8.78 Å². The van der Waals surface area contributed by atoms with Crippen molar-refractivity contribution in [1.29, 1.82) is 0 Å². The van der Waals surface area contributed by atoms with Crippen LogP contribution in [0.2, 0.25) is 0 Å². The number of hydrogen-bond donors (Lipinski definition) is 3. The first kappa shape index (κ1) is 14.4. The number of rotatable bonds is 4. The largest absolute Gasteiger partial charge is 0.361 e. The van der Waals surface area contributed by atoms with Crippen molar-refractivity contribution in [2.24, 2.45) is 5.73 Å². The maximum Gasteiger partial charge on any atom is 0.313 e. The maximum atomic E-state index is 11.8. The van der Waals surface area contributed by atoms with Gasteiger partial charge in [-0.3, -0.25) is 9.59 Å². The summed E-state index contributed by atoms with van der Waals surface area (Å²) in [4.78, 5) is 21.7. The van der Waals surface area contributed by atoms with Crippen LogP contribution in [0.15, 0.2) is 23.6 Å². The first-order valence-corrected chi connectivity index (χ1v) is 6.50. The number of carbonyl (C=O) groups excluding carboxylic acids is 2. The van der Waals surface area contributed by atoms with Gasteiger partial charge in [0.2, 0.25) is 0 Å². The molecule has 0 bridgehead atoms. The lowest BCUT2D eigenvalue weighted by molar-refractivity contribution is -0.136. The Labute approximate surface area is 105 Å². The molecular formula is C10H13F2N3O2S. The number of halogens is 2. The van der Waals surface area contributed by atoms with Gasteiger partial charge >= 0.3 is 11.8 Å². The summed E-state index contributed by atoms with van der Waals surface area (Å²) >= 11 is 0. The molecular weight excluding hydrogens is 264 g/mol. The Morgan fingerprint density at radius 1 is 1.56 bits per heavy atom. The molecule has 18 heavy (non-hydrogen) atoms. The molecule has 0 fully saturated rings. The third-order valence-electron chi connectivity index (χ3n) is 2.06. The van der Waals surface area contributed by atoms with Crippen LogP contribution < -0.4 is 15.8 Å². The highest BCUT2D eigenvalue weighted by Gasteiger charge is 2.15. The van der Waals surface area contributed by atoms with E-state index in [-0.39, 0.29) is 6.42 Å². The Hall–Kier alpha value is -1.70. The van der Waals surface area contributed by atoms with E-state index in [4.69, 9.17) is 5.73 Å². The van der Waals surface area contributed by atoms with E-state index in [2.05, 4.69) is 10.0 Å². The monoisotopic (exact) mass is 277 g/mol. The van der Waals surface area contributed by atoms with Crippen molar-refractivity contribution < 1.29 is 18.4 Å². The lowest BCUT2D eigenvalue weighted by atomic mass is 10.4. The van der Waals surface area contributed by atoms with Gasteiger partial charge in [-0.05, 0) is 19.4 Å². The summed E-state index contributed by atoms with van der Waals surface area (Å²) in [5, 5.41) is 4.04. The third kappa shape index (κ3) is 4.28. The Balaban J connectivity index is 2.56. The molecule has 0 aromatic heterocycles. The van der Waals surface area contributed by atoms with Crippen molar-refractivity contribution >= 4 is 27.9 Å². The van der Waals surface area contributed by atoms with Crippen LogP contribution >= 0.6 is 10.7 Å². The quantitative estimate of drug-likeness (QED) is 0.519. The molecule has 0 aromatic carbocycles. The summed E-state index contributed by atoms with van der Waals surface area (Å²) < 4.78 is 26.7. The molecule has 100 valence electrons. The summed E-state index contributed by atoms with van der Waals surface area (Å²) in [6, 6.07) is 0. The molecule has 1 aliphatic rings. The SMILES string of the molecule is CC1=C(NC(=O)C(N)=O)C=S(CCC=C(F)F)N1. The number of carbonyl (C=O) groups is 2. The second kappa shape index (κ2) is 6.29. The molecule has 0 aromatic rings. The number of nitrogens with one attached hydrogen (secondary N) is 2. The van der Waals surface area contributed by atoms with Crippen molar-refractivity contribution in [2.45, 2.75) is 13.3 Å². The van der Waals surface area contributed by atoms with Crippen molar-refractivity contribution in [3.05, 3.63) is 23.6 Å². The molecule has 5 nitrogen and oxygen atoms in total. The second-order valence-electron chi connectivity index (χ2n) is 3.49. The molecule has 1 rings (SSSR count). The Morgan fingerprint density at radius 2 is 2.22 bits per heavy atom. The number of nitrogens with two attached hydrogens (primary N) is 1. The first-order chi connectivity index (χ1) is 8.40. The van der Waals surface area contributed by atoms with Gasteiger partial charge in [-0.25, -0.2) is 0 Å². The molecule has 1 atom stereocenters. The summed E-state index contributed by atoms with van der Waals surface area (Å²) in [7, 11) is -0.427. The topological polar surface area (TPSA) is 84.2 Å². The van der Waals surface area contributed by atoms with E-state index in [1.54, 1.807) is 12.3 Å². The van der Waals surface area contributed by atoms with E-state index in [9.17, 15) is 18.4 Å². The minimum Gasteiger partial charge on any atom is -0.361 e. The van der Waals surface area contributed by atoms with Gasteiger partial charge in [0.1, 0.15) is 0 Å². The van der Waals surface area contributed by atoms with Gasteiger partial charge in [-0.1, -0.05) is 10.7 Å². The van der Waals surface area contributed by atoms with Crippen LogP contribution in [-0.4, -0.2) is 22.9 Å². The molecule has 0 saturated heterocycles. The van der Waals surface area contributed by atoms with E-state index in [1.165, 1.54) is 0 Å². The van der Waals surface area contributed by atoms with E-state index in [0.717, 1.165) is 6.08 Å². The van der Waals surface area contributed by atoms with Gasteiger partial charge in [0.25, 0.3) is 6.08 Å². The highest BCUT2D eigenvalue weighted by atomic mass is 32.2. The van der Waals surface area contributed by atoms with Crippen molar-refractivity contribution in [1.82, 2.24) is 10.0 Å². The van der Waals surface area contributed by atoms with Crippen molar-refractivity contribution in [3.8, 4) is 0 Å². The van der Waals surface area contributed by atoms with Gasteiger partial charge in [-0.2, -0.15) is 8.78 Å². The summed E-state index contributed by atoms with van der Waals surface area (Å²) in [5.41, 5.74) is 5.95. The lowest BCUT2D eigenvalue weighted by Gasteiger charge is -2.04. The summed E-state index contributed by atoms with van der Waals surface area (Å²) in [6.45, 7) is 1.71. The number of allylic oxidation sites excluding steroid dienone is 3. The normalized spacial score (nSPS) is 17.8. The van der Waals surface area contributed by atoms with Crippen LogP contribution in [0.3, 0.4) is 0 Å². The van der Waals surface area contributed by atoms with Crippen LogP contribution in [-0.2, 0) is 9.59 Å². The van der Waals surface area contributed by atoms with Gasteiger partial charge in [0, 0.05) is 16.8 Å². The molecule has 1 heterocycles. The highest BCUT2D eigenvalue weighted by molar-refractivity contribution is 8.13. The zero-order valence-corrected chi connectivity index (χ0v) is 10.4. The highest BCUT2D eigenvalue weighted by Crippen LogP contribution is 2.20. The predicted octanol–water partition coefficient (Wildman–Crippen LogP) is 0.579. The van der Waals surface area contributed by atoms with Gasteiger partial charge in [0.15, 0.2) is 0 Å². The minimum atomic E-state index is -1.70. The Bertz CT molecular complexity index is 468. The van der Waals surface area contributed by atoms with E-state index < -0.39 is 28.6 Å². The maximum absolute atomic E-state index is 11.8. The molecule has 0 saturated carbocycles. The molecule has 1 aliphatic heterocycles. The summed E-state index contributed by atoms with van der Waals surface area (Å²) in [6.07, 6.45) is -0.623. The predicted molar refractivity (Wildman–Crippen MR) is 66.6 cm³/mol. The van der Waals surface area contributed by atoms with E-state index in [1.807, 2.05) is 0 Å². The molecule has 0 radical (unpaired) electrons. The van der Waals surface area contributed by atoms with Crippen LogP contribution in [0.5, 0.6) is 0 Å². The molecule has 1 unspecified atom stereocenters. The average molecular weight is 277 g/mol. The summed E-state index contributed by atoms with van der Waals surface area (Å²) in [5.74, 6) is -1.48. The lowest BCUT2D eigenvalue weighted by Crippen LogP contribution is -2.36. The first-order valence-electron chi connectivity index (χ1n) is 5.04. The minimum absolute atomic E-state index is 0.235. The fraction of sp³-hybridized carbons (Fsp3) is 0.300. The van der Waals surface area contributed by atoms with Crippen LogP contribution in [0.1, 0.15) is 13.3 Å². The molecule has 4 N–H and O–H groups in total. The number of hydrogen-bond acceptors (Lipinski definition) is 3. The molecule has 2 amide bonds.